The van der Waals surface area contributed by atoms with Gasteiger partial charge in [-0.05, 0) is 49.6 Å². The summed E-state index contributed by atoms with van der Waals surface area (Å²) in [7, 11) is 1.31. The van der Waals surface area contributed by atoms with Gasteiger partial charge in [-0.25, -0.2) is 9.18 Å². The molecule has 0 aliphatic rings. The maximum absolute atomic E-state index is 13.2. The first kappa shape index (κ1) is 17.7. The number of anilines is 1. The van der Waals surface area contributed by atoms with Crippen LogP contribution in [-0.2, 0) is 11.2 Å². The van der Waals surface area contributed by atoms with Crippen molar-refractivity contribution in [3.05, 3.63) is 52.1 Å². The molecule has 0 aliphatic carbocycles. The molecule has 0 unspecified atom stereocenters. The summed E-state index contributed by atoms with van der Waals surface area (Å²) in [5.74, 6) is -1.20. The van der Waals surface area contributed by atoms with Crippen LogP contribution in [0.15, 0.2) is 18.2 Å². The Kier molecular flexibility index (Phi) is 5.39. The standard InChI is InChI=1S/C18H21FN2O3/c1-5-6-13-15(18(23)24-4)11(3)20-16(13)17(22)21-14-8-7-12(19)9-10(14)2/h7-9,20H,5-6H2,1-4H3,(H,21,22). The number of rotatable bonds is 5. The molecular formula is C18H21FN2O3. The molecule has 0 radical (unpaired) electrons. The summed E-state index contributed by atoms with van der Waals surface area (Å²) < 4.78 is 18.0. The van der Waals surface area contributed by atoms with E-state index in [-0.39, 0.29) is 11.7 Å². The van der Waals surface area contributed by atoms with Crippen molar-refractivity contribution in [2.75, 3.05) is 12.4 Å². The Morgan fingerprint density at radius 3 is 2.58 bits per heavy atom. The van der Waals surface area contributed by atoms with Crippen LogP contribution in [0.2, 0.25) is 0 Å². The van der Waals surface area contributed by atoms with E-state index in [2.05, 4.69) is 10.3 Å². The van der Waals surface area contributed by atoms with E-state index in [9.17, 15) is 14.0 Å². The van der Waals surface area contributed by atoms with Crippen LogP contribution in [0.4, 0.5) is 10.1 Å². The number of ether oxygens (including phenoxy) is 1. The SMILES string of the molecule is CCCc1c(C(=O)Nc2ccc(F)cc2C)[nH]c(C)c1C(=O)OC. The molecule has 0 atom stereocenters. The number of hydrogen-bond donors (Lipinski definition) is 2. The summed E-state index contributed by atoms with van der Waals surface area (Å²) in [6.45, 7) is 5.41. The molecule has 2 aromatic rings. The predicted molar refractivity (Wildman–Crippen MR) is 90.0 cm³/mol. The Morgan fingerprint density at radius 2 is 2.00 bits per heavy atom. The number of halogens is 1. The summed E-state index contributed by atoms with van der Waals surface area (Å²) in [5.41, 5.74) is 3.11. The lowest BCUT2D eigenvalue weighted by atomic mass is 10.0. The molecule has 0 bridgehead atoms. The van der Waals surface area contributed by atoms with Gasteiger partial charge in [0.25, 0.3) is 5.91 Å². The highest BCUT2D eigenvalue weighted by Crippen LogP contribution is 2.24. The average molecular weight is 332 g/mol. The van der Waals surface area contributed by atoms with Gasteiger partial charge in [-0.3, -0.25) is 4.79 Å². The average Bonchev–Trinajstić information content (AvgIpc) is 2.86. The highest BCUT2D eigenvalue weighted by molar-refractivity contribution is 6.07. The molecule has 5 nitrogen and oxygen atoms in total. The molecule has 24 heavy (non-hydrogen) atoms. The van der Waals surface area contributed by atoms with E-state index in [1.165, 1.54) is 25.3 Å². The molecule has 1 aromatic carbocycles. The van der Waals surface area contributed by atoms with Crippen molar-refractivity contribution in [3.8, 4) is 0 Å². The smallest absolute Gasteiger partial charge is 0.339 e. The fourth-order valence-electron chi connectivity index (χ4n) is 2.70. The van der Waals surface area contributed by atoms with Crippen LogP contribution in [0.5, 0.6) is 0 Å². The van der Waals surface area contributed by atoms with Gasteiger partial charge >= 0.3 is 5.97 Å². The van der Waals surface area contributed by atoms with Gasteiger partial charge in [-0.2, -0.15) is 0 Å². The van der Waals surface area contributed by atoms with E-state index in [1.807, 2.05) is 6.92 Å². The number of benzene rings is 1. The van der Waals surface area contributed by atoms with Gasteiger partial charge in [0.15, 0.2) is 0 Å². The molecule has 0 fully saturated rings. The van der Waals surface area contributed by atoms with Gasteiger partial charge in [0, 0.05) is 11.4 Å². The van der Waals surface area contributed by atoms with Gasteiger partial charge in [0.1, 0.15) is 11.5 Å². The first-order valence-electron chi connectivity index (χ1n) is 7.76. The third-order valence-electron chi connectivity index (χ3n) is 3.84. The van der Waals surface area contributed by atoms with Gasteiger partial charge in [0.2, 0.25) is 0 Å². The Bertz CT molecular complexity index is 781. The molecule has 1 heterocycles. The molecule has 0 saturated heterocycles. The van der Waals surface area contributed by atoms with E-state index in [0.717, 1.165) is 6.42 Å². The Balaban J connectivity index is 2.40. The topological polar surface area (TPSA) is 71.2 Å². The lowest BCUT2D eigenvalue weighted by Crippen LogP contribution is -2.16. The zero-order valence-corrected chi connectivity index (χ0v) is 14.2. The van der Waals surface area contributed by atoms with Crippen LogP contribution in [0.3, 0.4) is 0 Å². The van der Waals surface area contributed by atoms with Crippen molar-refractivity contribution in [1.29, 1.82) is 0 Å². The summed E-state index contributed by atoms with van der Waals surface area (Å²) in [4.78, 5) is 27.6. The number of nitrogens with one attached hydrogen (secondary N) is 2. The van der Waals surface area contributed by atoms with Crippen molar-refractivity contribution >= 4 is 17.6 Å². The number of H-pyrrole nitrogens is 1. The monoisotopic (exact) mass is 332 g/mol. The summed E-state index contributed by atoms with van der Waals surface area (Å²) in [5, 5.41) is 2.76. The number of hydrogen-bond acceptors (Lipinski definition) is 3. The number of carbonyl (C=O) groups is 2. The first-order chi connectivity index (χ1) is 11.4. The fourth-order valence-corrected chi connectivity index (χ4v) is 2.70. The minimum atomic E-state index is -0.468. The van der Waals surface area contributed by atoms with Crippen LogP contribution >= 0.6 is 0 Å². The second-order valence-corrected chi connectivity index (χ2v) is 5.63. The summed E-state index contributed by atoms with van der Waals surface area (Å²) in [6.07, 6.45) is 1.34. The van der Waals surface area contributed by atoms with E-state index in [0.29, 0.717) is 40.2 Å². The highest BCUT2D eigenvalue weighted by atomic mass is 19.1. The maximum Gasteiger partial charge on any atom is 0.339 e. The Morgan fingerprint density at radius 1 is 1.29 bits per heavy atom. The molecule has 2 rings (SSSR count). The van der Waals surface area contributed by atoms with Crippen LogP contribution < -0.4 is 5.32 Å². The normalized spacial score (nSPS) is 10.5. The zero-order chi connectivity index (χ0) is 17.9. The van der Waals surface area contributed by atoms with Crippen molar-refractivity contribution in [2.24, 2.45) is 0 Å². The van der Waals surface area contributed by atoms with E-state index in [4.69, 9.17) is 4.74 Å². The molecule has 0 aliphatic heterocycles. The minimum absolute atomic E-state index is 0.332. The molecule has 1 aromatic heterocycles. The molecule has 6 heteroatoms. The molecular weight excluding hydrogens is 311 g/mol. The second kappa shape index (κ2) is 7.29. The van der Waals surface area contributed by atoms with E-state index >= 15 is 0 Å². The number of carbonyl (C=O) groups excluding carboxylic acids is 2. The van der Waals surface area contributed by atoms with Gasteiger partial charge in [-0.15, -0.1) is 0 Å². The van der Waals surface area contributed by atoms with Crippen molar-refractivity contribution < 1.29 is 18.7 Å². The predicted octanol–water partition coefficient (Wildman–Crippen LogP) is 3.76. The third kappa shape index (κ3) is 3.48. The maximum atomic E-state index is 13.2. The van der Waals surface area contributed by atoms with E-state index < -0.39 is 5.97 Å². The number of methoxy groups -OCH3 is 1. The fraction of sp³-hybridized carbons (Fsp3) is 0.333. The number of aromatic amines is 1. The lowest BCUT2D eigenvalue weighted by Gasteiger charge is -2.09. The Labute approximate surface area is 140 Å². The van der Waals surface area contributed by atoms with Crippen molar-refractivity contribution in [2.45, 2.75) is 33.6 Å². The Hall–Kier alpha value is -2.63. The van der Waals surface area contributed by atoms with Crippen molar-refractivity contribution in [1.82, 2.24) is 4.98 Å². The zero-order valence-electron chi connectivity index (χ0n) is 14.2. The molecule has 0 spiro atoms. The highest BCUT2D eigenvalue weighted by Gasteiger charge is 2.24. The quantitative estimate of drug-likeness (QED) is 0.819. The molecule has 1 amide bonds. The summed E-state index contributed by atoms with van der Waals surface area (Å²) in [6, 6.07) is 4.15. The second-order valence-electron chi connectivity index (χ2n) is 5.63. The number of esters is 1. The van der Waals surface area contributed by atoms with Gasteiger partial charge in [0.05, 0.1) is 12.7 Å². The minimum Gasteiger partial charge on any atom is -0.465 e. The largest absolute Gasteiger partial charge is 0.465 e. The number of aromatic nitrogens is 1. The molecule has 2 N–H and O–H groups in total. The summed E-state index contributed by atoms with van der Waals surface area (Å²) >= 11 is 0. The van der Waals surface area contributed by atoms with Crippen LogP contribution in [0.1, 0.15) is 51.0 Å². The lowest BCUT2D eigenvalue weighted by molar-refractivity contribution is 0.0599. The molecule has 0 saturated carbocycles. The van der Waals surface area contributed by atoms with Crippen LogP contribution in [0.25, 0.3) is 0 Å². The molecule has 128 valence electrons. The third-order valence-corrected chi connectivity index (χ3v) is 3.84. The number of aryl methyl sites for hydroxylation is 2. The number of amides is 1. The van der Waals surface area contributed by atoms with E-state index in [1.54, 1.807) is 13.8 Å². The van der Waals surface area contributed by atoms with Gasteiger partial charge < -0.3 is 15.0 Å². The van der Waals surface area contributed by atoms with Gasteiger partial charge in [-0.1, -0.05) is 13.3 Å². The first-order valence-corrected chi connectivity index (χ1v) is 7.76. The van der Waals surface area contributed by atoms with Crippen LogP contribution in [0, 0.1) is 19.7 Å². The van der Waals surface area contributed by atoms with Crippen molar-refractivity contribution in [3.63, 3.8) is 0 Å². The van der Waals surface area contributed by atoms with Crippen LogP contribution in [-0.4, -0.2) is 24.0 Å².